The molecule has 2 N–H and O–H groups in total. The molecule has 1 unspecified atom stereocenters. The van der Waals surface area contributed by atoms with Crippen molar-refractivity contribution in [2.75, 3.05) is 45.2 Å². The van der Waals surface area contributed by atoms with Crippen molar-refractivity contribution in [3.05, 3.63) is 24.5 Å². The highest BCUT2D eigenvalue weighted by Crippen LogP contribution is 2.17. The third-order valence-corrected chi connectivity index (χ3v) is 5.10. The van der Waals surface area contributed by atoms with Gasteiger partial charge in [-0.05, 0) is 44.2 Å². The Labute approximate surface area is 166 Å². The van der Waals surface area contributed by atoms with E-state index >= 15 is 0 Å². The van der Waals surface area contributed by atoms with E-state index in [2.05, 4.69) is 25.5 Å². The van der Waals surface area contributed by atoms with Crippen LogP contribution in [0.1, 0.15) is 32.1 Å². The summed E-state index contributed by atoms with van der Waals surface area (Å²) < 4.78 is 11.8. The predicted octanol–water partition coefficient (Wildman–Crippen LogP) is 1.65. The van der Waals surface area contributed by atoms with Gasteiger partial charge in [0.25, 0.3) is 0 Å². The summed E-state index contributed by atoms with van der Waals surface area (Å²) in [6.45, 7) is 3.45. The van der Waals surface area contributed by atoms with Gasteiger partial charge in [-0.1, -0.05) is 0 Å². The van der Waals surface area contributed by atoms with Crippen molar-refractivity contribution in [1.82, 2.24) is 15.2 Å². The number of nitrogens with one attached hydrogen (secondary N) is 2. The summed E-state index contributed by atoms with van der Waals surface area (Å²) in [6.07, 6.45) is 9.25. The van der Waals surface area contributed by atoms with Gasteiger partial charge in [0.1, 0.15) is 0 Å². The van der Waals surface area contributed by atoms with E-state index in [-0.39, 0.29) is 24.7 Å². The molecule has 1 amide bonds. The first kappa shape index (κ1) is 20.5. The fourth-order valence-electron chi connectivity index (χ4n) is 3.55. The quantitative estimate of drug-likeness (QED) is 0.568. The molecule has 0 saturated carbocycles. The lowest BCUT2D eigenvalue weighted by Gasteiger charge is -2.35. The van der Waals surface area contributed by atoms with Gasteiger partial charge in [0.05, 0.1) is 37.2 Å². The minimum Gasteiger partial charge on any atom is -0.376 e. The normalized spacial score (nSPS) is 21.4. The van der Waals surface area contributed by atoms with Crippen LogP contribution in [0.3, 0.4) is 0 Å². The van der Waals surface area contributed by atoms with Crippen LogP contribution in [0.2, 0.25) is 0 Å². The summed E-state index contributed by atoms with van der Waals surface area (Å²) >= 11 is 0. The first-order valence-corrected chi connectivity index (χ1v) is 10.1. The number of carbonyl (C=O) groups excluding carboxylic acids is 1. The van der Waals surface area contributed by atoms with Gasteiger partial charge in [0, 0.05) is 32.9 Å². The van der Waals surface area contributed by atoms with Crippen LogP contribution >= 0.6 is 0 Å². The zero-order valence-corrected chi connectivity index (χ0v) is 16.6. The predicted molar refractivity (Wildman–Crippen MR) is 108 cm³/mol. The van der Waals surface area contributed by atoms with Gasteiger partial charge in [-0.3, -0.25) is 14.8 Å². The van der Waals surface area contributed by atoms with Crippen molar-refractivity contribution >= 4 is 17.6 Å². The monoisotopic (exact) mass is 389 g/mol. The maximum atomic E-state index is 12.1. The number of pyridine rings is 1. The molecule has 2 aliphatic rings. The fourth-order valence-corrected chi connectivity index (χ4v) is 3.55. The standard InChI is InChI=1S/C20H31N5O3/c1-21-20(23-14-19(26)24-16-5-4-9-22-13-16)25-10-7-17(8-11-25)28-15-18-6-2-3-12-27-18/h4-5,9,13,17-18H,2-3,6-8,10-12,14-15H2,1H3,(H,21,23)(H,24,26). The van der Waals surface area contributed by atoms with Gasteiger partial charge in [-0.2, -0.15) is 0 Å². The number of carbonyl (C=O) groups is 1. The topological polar surface area (TPSA) is 88.1 Å². The second kappa shape index (κ2) is 11.0. The molecule has 2 aliphatic heterocycles. The third kappa shape index (κ3) is 6.45. The maximum Gasteiger partial charge on any atom is 0.243 e. The van der Waals surface area contributed by atoms with Gasteiger partial charge in [-0.15, -0.1) is 0 Å². The van der Waals surface area contributed by atoms with Gasteiger partial charge in [0.2, 0.25) is 5.91 Å². The molecule has 28 heavy (non-hydrogen) atoms. The van der Waals surface area contributed by atoms with Crippen molar-refractivity contribution in [3.63, 3.8) is 0 Å². The Morgan fingerprint density at radius 1 is 1.36 bits per heavy atom. The molecule has 2 saturated heterocycles. The van der Waals surface area contributed by atoms with E-state index in [1.54, 1.807) is 25.5 Å². The van der Waals surface area contributed by atoms with Crippen molar-refractivity contribution in [2.45, 2.75) is 44.3 Å². The Bertz CT molecular complexity index is 626. The highest BCUT2D eigenvalue weighted by molar-refractivity contribution is 5.94. The molecule has 1 aromatic rings. The van der Waals surface area contributed by atoms with Crippen LogP contribution in [0.25, 0.3) is 0 Å². The average Bonchev–Trinajstić information content (AvgIpc) is 2.75. The summed E-state index contributed by atoms with van der Waals surface area (Å²) in [4.78, 5) is 22.6. The lowest BCUT2D eigenvalue weighted by Crippen LogP contribution is -2.48. The fraction of sp³-hybridized carbons (Fsp3) is 0.650. The van der Waals surface area contributed by atoms with Crippen LogP contribution in [-0.4, -0.2) is 73.9 Å². The first-order chi connectivity index (χ1) is 13.7. The SMILES string of the molecule is CN=C(NCC(=O)Nc1cccnc1)N1CCC(OCC2CCCCO2)CC1. The molecule has 3 rings (SSSR count). The average molecular weight is 390 g/mol. The van der Waals surface area contributed by atoms with Gasteiger partial charge in [-0.25, -0.2) is 0 Å². The number of anilines is 1. The number of amides is 1. The number of guanidine groups is 1. The molecule has 8 nitrogen and oxygen atoms in total. The molecule has 1 aromatic heterocycles. The first-order valence-electron chi connectivity index (χ1n) is 10.1. The summed E-state index contributed by atoms with van der Waals surface area (Å²) in [7, 11) is 1.74. The van der Waals surface area contributed by atoms with Crippen molar-refractivity contribution < 1.29 is 14.3 Å². The van der Waals surface area contributed by atoms with E-state index in [1.807, 2.05) is 6.07 Å². The minimum absolute atomic E-state index is 0.125. The van der Waals surface area contributed by atoms with E-state index in [9.17, 15) is 4.79 Å². The second-order valence-corrected chi connectivity index (χ2v) is 7.20. The Morgan fingerprint density at radius 2 is 2.21 bits per heavy atom. The molecule has 0 radical (unpaired) electrons. The molecular weight excluding hydrogens is 358 g/mol. The zero-order valence-electron chi connectivity index (χ0n) is 16.6. The lowest BCUT2D eigenvalue weighted by atomic mass is 10.1. The molecule has 0 bridgehead atoms. The second-order valence-electron chi connectivity index (χ2n) is 7.20. The molecule has 154 valence electrons. The van der Waals surface area contributed by atoms with Gasteiger partial charge >= 0.3 is 0 Å². The van der Waals surface area contributed by atoms with E-state index < -0.39 is 0 Å². The Kier molecular flexibility index (Phi) is 8.05. The minimum atomic E-state index is -0.125. The largest absolute Gasteiger partial charge is 0.376 e. The van der Waals surface area contributed by atoms with Crippen molar-refractivity contribution in [1.29, 1.82) is 0 Å². The maximum absolute atomic E-state index is 12.1. The number of aromatic nitrogens is 1. The van der Waals surface area contributed by atoms with Gasteiger partial charge in [0.15, 0.2) is 5.96 Å². The summed E-state index contributed by atoms with van der Waals surface area (Å²) in [6, 6.07) is 3.59. The number of hydrogen-bond acceptors (Lipinski definition) is 5. The van der Waals surface area contributed by atoms with Crippen molar-refractivity contribution in [3.8, 4) is 0 Å². The number of aliphatic imine (C=N–C) groups is 1. The number of nitrogens with zero attached hydrogens (tertiary/aromatic N) is 3. The van der Waals surface area contributed by atoms with E-state index in [4.69, 9.17) is 9.47 Å². The Hall–Kier alpha value is -2.19. The smallest absolute Gasteiger partial charge is 0.243 e. The van der Waals surface area contributed by atoms with E-state index in [1.165, 1.54) is 12.8 Å². The number of rotatable bonds is 6. The van der Waals surface area contributed by atoms with Crippen LogP contribution in [0.4, 0.5) is 5.69 Å². The van der Waals surface area contributed by atoms with E-state index in [0.29, 0.717) is 12.3 Å². The molecule has 0 aromatic carbocycles. The highest BCUT2D eigenvalue weighted by Gasteiger charge is 2.24. The highest BCUT2D eigenvalue weighted by atomic mass is 16.5. The number of piperidine rings is 1. The van der Waals surface area contributed by atoms with Crippen LogP contribution in [-0.2, 0) is 14.3 Å². The molecule has 2 fully saturated rings. The molecule has 1 atom stereocenters. The molecule has 0 spiro atoms. The number of likely N-dealkylation sites (tertiary alicyclic amines) is 1. The Morgan fingerprint density at radius 3 is 2.89 bits per heavy atom. The summed E-state index contributed by atoms with van der Waals surface area (Å²) in [5.41, 5.74) is 0.684. The number of ether oxygens (including phenoxy) is 2. The molecule has 0 aliphatic carbocycles. The summed E-state index contributed by atoms with van der Waals surface area (Å²) in [5, 5.41) is 5.95. The number of hydrogen-bond donors (Lipinski definition) is 2. The molecule has 8 heteroatoms. The molecular formula is C20H31N5O3. The Balaban J connectivity index is 1.35. The van der Waals surface area contributed by atoms with E-state index in [0.717, 1.165) is 44.9 Å². The van der Waals surface area contributed by atoms with Gasteiger partial charge < -0.3 is 25.0 Å². The molecule has 3 heterocycles. The summed E-state index contributed by atoms with van der Waals surface area (Å²) in [5.74, 6) is 0.621. The van der Waals surface area contributed by atoms with Crippen LogP contribution in [0.5, 0.6) is 0 Å². The lowest BCUT2D eigenvalue weighted by molar-refractivity contribution is -0.115. The van der Waals surface area contributed by atoms with Crippen LogP contribution in [0.15, 0.2) is 29.5 Å². The van der Waals surface area contributed by atoms with Crippen molar-refractivity contribution in [2.24, 2.45) is 4.99 Å². The third-order valence-electron chi connectivity index (χ3n) is 5.10. The van der Waals surface area contributed by atoms with Crippen LogP contribution < -0.4 is 10.6 Å². The zero-order chi connectivity index (χ0) is 19.6. The van der Waals surface area contributed by atoms with Crippen LogP contribution in [0, 0.1) is 0 Å².